The van der Waals surface area contributed by atoms with Crippen LogP contribution in [0.3, 0.4) is 0 Å². The quantitative estimate of drug-likeness (QED) is 0.177. The van der Waals surface area contributed by atoms with E-state index in [2.05, 4.69) is 186 Å². The second kappa shape index (κ2) is 12.4. The number of benzene rings is 8. The van der Waals surface area contributed by atoms with Crippen LogP contribution in [0.25, 0.3) is 76.9 Å². The molecule has 0 N–H and O–H groups in total. The maximum Gasteiger partial charge on any atom is 0.160 e. The van der Waals surface area contributed by atoms with Crippen molar-refractivity contribution in [2.75, 3.05) is 4.90 Å². The Labute approximate surface area is 301 Å². The van der Waals surface area contributed by atoms with Crippen LogP contribution in [0.15, 0.2) is 199 Å². The summed E-state index contributed by atoms with van der Waals surface area (Å²) in [6.45, 7) is 0. The number of rotatable bonds is 6. The number of hydrogen-bond donors (Lipinski definition) is 0. The number of anilines is 3. The van der Waals surface area contributed by atoms with E-state index < -0.39 is 0 Å². The lowest BCUT2D eigenvalue weighted by Gasteiger charge is -2.27. The van der Waals surface area contributed by atoms with Gasteiger partial charge in [0.2, 0.25) is 0 Å². The lowest BCUT2D eigenvalue weighted by atomic mass is 9.94. The third-order valence-corrected chi connectivity index (χ3v) is 10.2. The lowest BCUT2D eigenvalue weighted by Crippen LogP contribution is -2.11. The van der Waals surface area contributed by atoms with Crippen molar-refractivity contribution < 1.29 is 4.42 Å². The van der Waals surface area contributed by atoms with Crippen molar-refractivity contribution in [1.82, 2.24) is 4.98 Å². The number of fused-ring (bicyclic) bond motifs is 5. The molecule has 244 valence electrons. The molecular formula is C49H32N2O. The highest BCUT2D eigenvalue weighted by atomic mass is 16.3. The Hall–Kier alpha value is -6.97. The zero-order valence-electron chi connectivity index (χ0n) is 28.3. The van der Waals surface area contributed by atoms with Crippen LogP contribution in [0.2, 0.25) is 0 Å². The van der Waals surface area contributed by atoms with Crippen LogP contribution in [0, 0.1) is 0 Å². The second-order valence-electron chi connectivity index (χ2n) is 13.2. The summed E-state index contributed by atoms with van der Waals surface area (Å²) in [6, 6.07) is 65.0. The molecule has 0 spiro atoms. The molecule has 3 heteroatoms. The van der Waals surface area contributed by atoms with Gasteiger partial charge in [0.15, 0.2) is 11.2 Å². The minimum Gasteiger partial charge on any atom is -0.452 e. The minimum absolute atomic E-state index is 0.771. The molecule has 0 aliphatic rings. The van der Waals surface area contributed by atoms with Gasteiger partial charge in [0.05, 0.1) is 11.9 Å². The maximum absolute atomic E-state index is 6.71. The number of hydrogen-bond acceptors (Lipinski definition) is 3. The van der Waals surface area contributed by atoms with Gasteiger partial charge in [0.1, 0.15) is 0 Å². The molecule has 10 rings (SSSR count). The number of furan rings is 1. The van der Waals surface area contributed by atoms with E-state index in [9.17, 15) is 0 Å². The lowest BCUT2D eigenvalue weighted by molar-refractivity contribution is 0.667. The third kappa shape index (κ3) is 5.02. The molecule has 0 bridgehead atoms. The molecule has 0 radical (unpaired) electrons. The molecule has 2 heterocycles. The standard InChI is InChI=1S/C49H32N2O/c1-2-11-33(12-3-1)40-17-8-9-18-42(40)35-21-25-38(26-22-35)51(39-27-23-36(24-28-39)43-20-10-15-34-13-4-6-16-41(34)43)48-44-19-7-5-14-37(44)31-46-45-29-30-50-32-47(45)52-49(46)48/h1-32H. The fraction of sp³-hybridized carbons (Fsp3) is 0. The number of aromatic nitrogens is 1. The summed E-state index contributed by atoms with van der Waals surface area (Å²) < 4.78 is 6.71. The van der Waals surface area contributed by atoms with Gasteiger partial charge in [-0.25, -0.2) is 0 Å². The van der Waals surface area contributed by atoms with Crippen molar-refractivity contribution in [1.29, 1.82) is 0 Å². The summed E-state index contributed by atoms with van der Waals surface area (Å²) in [5, 5.41) is 6.85. The molecule has 0 saturated heterocycles. The van der Waals surface area contributed by atoms with E-state index in [1.807, 2.05) is 18.5 Å². The van der Waals surface area contributed by atoms with E-state index in [4.69, 9.17) is 4.42 Å². The summed E-state index contributed by atoms with van der Waals surface area (Å²) in [5.74, 6) is 0. The average Bonchev–Trinajstić information content (AvgIpc) is 3.59. The van der Waals surface area contributed by atoms with Crippen LogP contribution in [0.5, 0.6) is 0 Å². The topological polar surface area (TPSA) is 29.3 Å². The highest BCUT2D eigenvalue weighted by Crippen LogP contribution is 2.47. The predicted octanol–water partition coefficient (Wildman–Crippen LogP) is 13.8. The molecule has 3 nitrogen and oxygen atoms in total. The van der Waals surface area contributed by atoms with Gasteiger partial charge in [0.25, 0.3) is 0 Å². The Morgan fingerprint density at radius 1 is 0.404 bits per heavy atom. The van der Waals surface area contributed by atoms with Crippen LogP contribution in [0.4, 0.5) is 17.1 Å². The average molecular weight is 665 g/mol. The number of pyridine rings is 1. The van der Waals surface area contributed by atoms with Gasteiger partial charge < -0.3 is 9.32 Å². The molecule has 8 aromatic carbocycles. The molecule has 0 unspecified atom stereocenters. The van der Waals surface area contributed by atoms with Crippen molar-refractivity contribution in [2.24, 2.45) is 0 Å². The molecule has 52 heavy (non-hydrogen) atoms. The Morgan fingerprint density at radius 2 is 0.962 bits per heavy atom. The van der Waals surface area contributed by atoms with Gasteiger partial charge in [0, 0.05) is 33.7 Å². The third-order valence-electron chi connectivity index (χ3n) is 10.2. The zero-order valence-corrected chi connectivity index (χ0v) is 28.3. The fourth-order valence-electron chi connectivity index (χ4n) is 7.70. The van der Waals surface area contributed by atoms with Gasteiger partial charge in [-0.3, -0.25) is 4.98 Å². The van der Waals surface area contributed by atoms with Gasteiger partial charge in [-0.05, 0) is 85.9 Å². The first kappa shape index (κ1) is 29.9. The summed E-state index contributed by atoms with van der Waals surface area (Å²) in [4.78, 5) is 6.74. The zero-order chi connectivity index (χ0) is 34.4. The van der Waals surface area contributed by atoms with Crippen molar-refractivity contribution in [3.8, 4) is 33.4 Å². The van der Waals surface area contributed by atoms with Crippen molar-refractivity contribution >= 4 is 60.5 Å². The predicted molar refractivity (Wildman–Crippen MR) is 218 cm³/mol. The smallest absolute Gasteiger partial charge is 0.160 e. The van der Waals surface area contributed by atoms with Gasteiger partial charge >= 0.3 is 0 Å². The van der Waals surface area contributed by atoms with E-state index in [1.165, 1.54) is 38.6 Å². The summed E-state index contributed by atoms with van der Waals surface area (Å²) in [6.07, 6.45) is 3.65. The van der Waals surface area contributed by atoms with E-state index >= 15 is 0 Å². The molecule has 10 aromatic rings. The van der Waals surface area contributed by atoms with Crippen LogP contribution >= 0.6 is 0 Å². The van der Waals surface area contributed by atoms with Crippen LogP contribution < -0.4 is 4.90 Å². The van der Waals surface area contributed by atoms with Crippen molar-refractivity contribution in [2.45, 2.75) is 0 Å². The Balaban J connectivity index is 1.18. The molecular weight excluding hydrogens is 633 g/mol. The SMILES string of the molecule is c1ccc(-c2ccccc2-c2ccc(N(c3ccc(-c4cccc5ccccc45)cc3)c3c4ccccc4cc4c3oc3cnccc34)cc2)cc1. The molecule has 0 fully saturated rings. The normalized spacial score (nSPS) is 11.5. The fourth-order valence-corrected chi connectivity index (χ4v) is 7.70. The Kier molecular flexibility index (Phi) is 7.14. The Morgan fingerprint density at radius 3 is 1.69 bits per heavy atom. The van der Waals surface area contributed by atoms with Crippen LogP contribution in [-0.4, -0.2) is 4.98 Å². The summed E-state index contributed by atoms with van der Waals surface area (Å²) in [5.41, 5.74) is 11.8. The summed E-state index contributed by atoms with van der Waals surface area (Å²) >= 11 is 0. The monoisotopic (exact) mass is 664 g/mol. The van der Waals surface area contributed by atoms with Gasteiger partial charge in [-0.15, -0.1) is 0 Å². The molecule has 0 amide bonds. The molecule has 0 atom stereocenters. The van der Waals surface area contributed by atoms with Gasteiger partial charge in [-0.1, -0.05) is 146 Å². The van der Waals surface area contributed by atoms with E-state index in [-0.39, 0.29) is 0 Å². The Bertz CT molecular complexity index is 2880. The molecule has 2 aromatic heterocycles. The van der Waals surface area contributed by atoms with E-state index in [1.54, 1.807) is 0 Å². The first-order valence-electron chi connectivity index (χ1n) is 17.6. The first-order chi connectivity index (χ1) is 25.8. The molecule has 0 saturated carbocycles. The van der Waals surface area contributed by atoms with Gasteiger partial charge in [-0.2, -0.15) is 0 Å². The van der Waals surface area contributed by atoms with Crippen molar-refractivity contribution in [3.05, 3.63) is 194 Å². The summed E-state index contributed by atoms with van der Waals surface area (Å²) in [7, 11) is 0. The highest BCUT2D eigenvalue weighted by molar-refractivity contribution is 6.19. The molecule has 0 aliphatic carbocycles. The maximum atomic E-state index is 6.71. The minimum atomic E-state index is 0.771. The molecule has 0 aliphatic heterocycles. The second-order valence-corrected chi connectivity index (χ2v) is 13.2. The largest absolute Gasteiger partial charge is 0.452 e. The van der Waals surface area contributed by atoms with Crippen LogP contribution in [0.1, 0.15) is 0 Å². The van der Waals surface area contributed by atoms with Crippen molar-refractivity contribution in [3.63, 3.8) is 0 Å². The first-order valence-corrected chi connectivity index (χ1v) is 17.6. The highest BCUT2D eigenvalue weighted by Gasteiger charge is 2.23. The van der Waals surface area contributed by atoms with E-state index in [0.29, 0.717) is 0 Å². The number of nitrogens with zero attached hydrogens (tertiary/aromatic N) is 2. The van der Waals surface area contributed by atoms with Crippen LogP contribution in [-0.2, 0) is 0 Å². The van der Waals surface area contributed by atoms with E-state index in [0.717, 1.165) is 55.3 Å².